The van der Waals surface area contributed by atoms with Crippen molar-refractivity contribution in [2.45, 2.75) is 12.1 Å². The Morgan fingerprint density at radius 2 is 1.89 bits per heavy atom. The van der Waals surface area contributed by atoms with E-state index >= 15 is 0 Å². The molecule has 3 aromatic rings. The molecular formula is C18H16BrN5O2S. The molecule has 27 heavy (non-hydrogen) atoms. The van der Waals surface area contributed by atoms with Gasteiger partial charge in [-0.2, -0.15) is 0 Å². The first kappa shape index (κ1) is 19.1. The van der Waals surface area contributed by atoms with Crippen LogP contribution >= 0.6 is 27.7 Å². The lowest BCUT2D eigenvalue weighted by molar-refractivity contribution is -0.114. The van der Waals surface area contributed by atoms with Crippen molar-refractivity contribution in [3.8, 4) is 11.4 Å². The van der Waals surface area contributed by atoms with Crippen LogP contribution in [0, 0.1) is 0 Å². The predicted octanol–water partition coefficient (Wildman–Crippen LogP) is 3.92. The third-order valence-electron chi connectivity index (χ3n) is 3.38. The van der Waals surface area contributed by atoms with Crippen molar-refractivity contribution < 1.29 is 9.59 Å². The Morgan fingerprint density at radius 3 is 2.63 bits per heavy atom. The molecule has 2 amide bonds. The largest absolute Gasteiger partial charge is 0.326 e. The van der Waals surface area contributed by atoms with Gasteiger partial charge >= 0.3 is 0 Å². The first-order valence-electron chi connectivity index (χ1n) is 7.98. The van der Waals surface area contributed by atoms with Crippen LogP contribution in [-0.2, 0) is 9.59 Å². The summed E-state index contributed by atoms with van der Waals surface area (Å²) in [5.41, 5.74) is 2.20. The lowest BCUT2D eigenvalue weighted by atomic mass is 10.2. The highest BCUT2D eigenvalue weighted by molar-refractivity contribution is 9.10. The summed E-state index contributed by atoms with van der Waals surface area (Å²) in [6, 6.07) is 14.6. The van der Waals surface area contributed by atoms with Crippen LogP contribution in [-0.4, -0.2) is 32.7 Å². The number of thioether (sulfide) groups is 1. The highest BCUT2D eigenvalue weighted by Gasteiger charge is 2.10. The number of carbonyl (C=O) groups excluding carboxylic acids is 2. The molecule has 0 aliphatic carbocycles. The molecule has 0 saturated heterocycles. The third-order valence-corrected chi connectivity index (χ3v) is 4.76. The fraction of sp³-hybridized carbons (Fsp3) is 0.111. The quantitative estimate of drug-likeness (QED) is 0.499. The smallest absolute Gasteiger partial charge is 0.234 e. The van der Waals surface area contributed by atoms with Crippen LogP contribution in [0.3, 0.4) is 0 Å². The minimum absolute atomic E-state index is 0.138. The molecular weight excluding hydrogens is 430 g/mol. The molecule has 0 fully saturated rings. The molecule has 0 aliphatic heterocycles. The number of anilines is 2. The maximum Gasteiger partial charge on any atom is 0.234 e. The van der Waals surface area contributed by atoms with Crippen LogP contribution in [0.5, 0.6) is 0 Å². The van der Waals surface area contributed by atoms with Crippen LogP contribution in [0.15, 0.2) is 58.2 Å². The molecule has 7 nitrogen and oxygen atoms in total. The van der Waals surface area contributed by atoms with E-state index in [1.54, 1.807) is 12.1 Å². The average molecular weight is 446 g/mol. The van der Waals surface area contributed by atoms with Gasteiger partial charge < -0.3 is 10.6 Å². The molecule has 3 N–H and O–H groups in total. The fourth-order valence-corrected chi connectivity index (χ4v) is 3.11. The number of hydrogen-bond acceptors (Lipinski definition) is 5. The number of amides is 2. The van der Waals surface area contributed by atoms with E-state index in [1.807, 2.05) is 36.4 Å². The van der Waals surface area contributed by atoms with E-state index < -0.39 is 0 Å². The van der Waals surface area contributed by atoms with Crippen molar-refractivity contribution in [3.63, 3.8) is 0 Å². The number of aromatic amines is 1. The molecule has 0 atom stereocenters. The fourth-order valence-electron chi connectivity index (χ4n) is 2.25. The van der Waals surface area contributed by atoms with Crippen molar-refractivity contribution >= 4 is 50.9 Å². The number of halogens is 1. The minimum Gasteiger partial charge on any atom is -0.326 e. The molecule has 1 aromatic heterocycles. The minimum atomic E-state index is -0.141. The molecule has 0 unspecified atom stereocenters. The molecule has 0 spiro atoms. The molecule has 0 saturated carbocycles. The van der Waals surface area contributed by atoms with Crippen molar-refractivity contribution in [1.82, 2.24) is 15.2 Å². The number of nitrogens with one attached hydrogen (secondary N) is 3. The van der Waals surface area contributed by atoms with E-state index in [0.29, 0.717) is 16.7 Å². The van der Waals surface area contributed by atoms with Gasteiger partial charge in [0.15, 0.2) is 5.82 Å². The monoisotopic (exact) mass is 445 g/mol. The van der Waals surface area contributed by atoms with Crippen molar-refractivity contribution in [2.75, 3.05) is 16.4 Å². The second kappa shape index (κ2) is 8.83. The Kier molecular flexibility index (Phi) is 6.25. The summed E-state index contributed by atoms with van der Waals surface area (Å²) in [4.78, 5) is 27.6. The van der Waals surface area contributed by atoms with Crippen molar-refractivity contribution in [2.24, 2.45) is 0 Å². The topological polar surface area (TPSA) is 99.8 Å². The number of hydrogen-bond donors (Lipinski definition) is 3. The third kappa shape index (κ3) is 5.66. The van der Waals surface area contributed by atoms with Gasteiger partial charge in [0, 0.05) is 28.3 Å². The standard InChI is InChI=1S/C18H16BrN5O2S/c1-11(25)20-15-4-2-3-12(9-15)17-22-18(24-23-17)27-10-16(26)21-14-7-5-13(19)6-8-14/h2-9H,10H2,1H3,(H,20,25)(H,21,26)(H,22,23,24). The normalized spacial score (nSPS) is 10.4. The van der Waals surface area contributed by atoms with E-state index in [9.17, 15) is 9.59 Å². The van der Waals surface area contributed by atoms with E-state index in [1.165, 1.54) is 18.7 Å². The molecule has 3 rings (SSSR count). The highest BCUT2D eigenvalue weighted by atomic mass is 79.9. The summed E-state index contributed by atoms with van der Waals surface area (Å²) in [5, 5.41) is 13.0. The Labute approximate surface area is 168 Å². The first-order valence-corrected chi connectivity index (χ1v) is 9.76. The predicted molar refractivity (Wildman–Crippen MR) is 110 cm³/mol. The number of benzene rings is 2. The second-order valence-corrected chi connectivity index (χ2v) is 7.43. The molecule has 0 aliphatic rings. The molecule has 1 heterocycles. The van der Waals surface area contributed by atoms with Crippen LogP contribution in [0.1, 0.15) is 6.92 Å². The van der Waals surface area contributed by atoms with Gasteiger partial charge in [-0.1, -0.05) is 39.8 Å². The van der Waals surface area contributed by atoms with Crippen LogP contribution in [0.4, 0.5) is 11.4 Å². The number of rotatable bonds is 6. The molecule has 9 heteroatoms. The molecule has 138 valence electrons. The first-order chi connectivity index (χ1) is 13.0. The average Bonchev–Trinajstić information content (AvgIpc) is 3.11. The molecule has 2 aromatic carbocycles. The zero-order valence-corrected chi connectivity index (χ0v) is 16.7. The summed E-state index contributed by atoms with van der Waals surface area (Å²) in [6.45, 7) is 1.45. The maximum atomic E-state index is 12.0. The van der Waals surface area contributed by atoms with Gasteiger partial charge in [-0.25, -0.2) is 4.98 Å². The number of nitrogens with zero attached hydrogens (tertiary/aromatic N) is 2. The van der Waals surface area contributed by atoms with Gasteiger partial charge in [-0.3, -0.25) is 14.7 Å². The molecule has 0 bridgehead atoms. The van der Waals surface area contributed by atoms with Crippen molar-refractivity contribution in [1.29, 1.82) is 0 Å². The summed E-state index contributed by atoms with van der Waals surface area (Å²) >= 11 is 4.59. The van der Waals surface area contributed by atoms with Crippen LogP contribution in [0.2, 0.25) is 0 Å². The number of carbonyl (C=O) groups is 2. The van der Waals surface area contributed by atoms with E-state index in [-0.39, 0.29) is 17.6 Å². The lowest BCUT2D eigenvalue weighted by Gasteiger charge is -2.04. The van der Waals surface area contributed by atoms with Gasteiger partial charge in [0.05, 0.1) is 5.75 Å². The van der Waals surface area contributed by atoms with Gasteiger partial charge in [-0.05, 0) is 36.4 Å². The number of H-pyrrole nitrogens is 1. The van der Waals surface area contributed by atoms with Crippen molar-refractivity contribution in [3.05, 3.63) is 53.0 Å². The Hall–Kier alpha value is -2.65. The zero-order valence-electron chi connectivity index (χ0n) is 14.3. The lowest BCUT2D eigenvalue weighted by Crippen LogP contribution is -2.13. The van der Waals surface area contributed by atoms with E-state index in [4.69, 9.17) is 0 Å². The van der Waals surface area contributed by atoms with Gasteiger partial charge in [0.1, 0.15) is 0 Å². The van der Waals surface area contributed by atoms with Crippen LogP contribution in [0.25, 0.3) is 11.4 Å². The summed E-state index contributed by atoms with van der Waals surface area (Å²) in [5.74, 6) is 0.483. The summed E-state index contributed by atoms with van der Waals surface area (Å²) in [7, 11) is 0. The molecule has 0 radical (unpaired) electrons. The highest BCUT2D eigenvalue weighted by Crippen LogP contribution is 2.22. The van der Waals surface area contributed by atoms with Gasteiger partial charge in [0.25, 0.3) is 0 Å². The Morgan fingerprint density at radius 1 is 1.11 bits per heavy atom. The van der Waals surface area contributed by atoms with E-state index in [0.717, 1.165) is 15.7 Å². The zero-order chi connectivity index (χ0) is 19.2. The summed E-state index contributed by atoms with van der Waals surface area (Å²) in [6.07, 6.45) is 0. The second-order valence-electron chi connectivity index (χ2n) is 5.57. The van der Waals surface area contributed by atoms with E-state index in [2.05, 4.69) is 41.7 Å². The van der Waals surface area contributed by atoms with Gasteiger partial charge in [0.2, 0.25) is 17.0 Å². The van der Waals surface area contributed by atoms with Crippen LogP contribution < -0.4 is 10.6 Å². The Balaban J connectivity index is 1.58. The summed E-state index contributed by atoms with van der Waals surface area (Å²) < 4.78 is 0.950. The number of aromatic nitrogens is 3. The maximum absolute atomic E-state index is 12.0. The SMILES string of the molecule is CC(=O)Nc1cccc(-c2nc(SCC(=O)Nc3ccc(Br)cc3)n[nH]2)c1. The van der Waals surface area contributed by atoms with Gasteiger partial charge in [-0.15, -0.1) is 5.10 Å². The Bertz CT molecular complexity index is 958.